The molecule has 0 atom stereocenters. The molecule has 0 aliphatic rings. The molecule has 1 aromatic carbocycles. The maximum atomic E-state index is 6.18. The number of nitrogens with zero attached hydrogens (tertiary/aromatic N) is 3. The Balaban J connectivity index is 1.54. The Kier molecular flexibility index (Phi) is 4.86. The van der Waals surface area contributed by atoms with Gasteiger partial charge in [-0.1, -0.05) is 53.7 Å². The van der Waals surface area contributed by atoms with Gasteiger partial charge in [-0.2, -0.15) is 5.10 Å². The van der Waals surface area contributed by atoms with Gasteiger partial charge in [-0.25, -0.2) is 4.98 Å². The zero-order valence-electron chi connectivity index (χ0n) is 13.6. The molecule has 0 saturated heterocycles. The number of hydrogen-bond donors (Lipinski definition) is 2. The fourth-order valence-corrected chi connectivity index (χ4v) is 3.57. The SMILES string of the molecule is Clc1cc(Sc2cccnc2)cc(Nc2cc(-c3ccccc3)[nH]n2)n1. The second-order valence-corrected chi connectivity index (χ2v) is 6.99. The van der Waals surface area contributed by atoms with Crippen molar-refractivity contribution in [1.82, 2.24) is 20.2 Å². The van der Waals surface area contributed by atoms with Gasteiger partial charge in [0, 0.05) is 28.3 Å². The van der Waals surface area contributed by atoms with Crippen LogP contribution < -0.4 is 5.32 Å². The number of rotatable bonds is 5. The number of nitrogens with one attached hydrogen (secondary N) is 2. The predicted octanol–water partition coefficient (Wildman–Crippen LogP) is 5.41. The van der Waals surface area contributed by atoms with Gasteiger partial charge in [0.05, 0.1) is 5.69 Å². The Morgan fingerprint density at radius 2 is 1.81 bits per heavy atom. The van der Waals surface area contributed by atoms with E-state index < -0.39 is 0 Å². The number of H-pyrrole nitrogens is 1. The monoisotopic (exact) mass is 379 g/mol. The smallest absolute Gasteiger partial charge is 0.153 e. The largest absolute Gasteiger partial charge is 0.323 e. The van der Waals surface area contributed by atoms with Crippen molar-refractivity contribution in [3.05, 3.63) is 78.2 Å². The third kappa shape index (κ3) is 4.04. The summed E-state index contributed by atoms with van der Waals surface area (Å²) in [6.45, 7) is 0. The van der Waals surface area contributed by atoms with Crippen LogP contribution in [0.5, 0.6) is 0 Å². The molecule has 0 radical (unpaired) electrons. The Hall–Kier alpha value is -2.83. The van der Waals surface area contributed by atoms with E-state index in [1.165, 1.54) is 0 Å². The summed E-state index contributed by atoms with van der Waals surface area (Å²) in [5.41, 5.74) is 2.00. The summed E-state index contributed by atoms with van der Waals surface area (Å²) < 4.78 is 0. The lowest BCUT2D eigenvalue weighted by Crippen LogP contribution is -1.94. The van der Waals surface area contributed by atoms with Gasteiger partial charge in [0.2, 0.25) is 0 Å². The zero-order valence-corrected chi connectivity index (χ0v) is 15.1. The van der Waals surface area contributed by atoms with Gasteiger partial charge < -0.3 is 5.32 Å². The lowest BCUT2D eigenvalue weighted by molar-refractivity contribution is 1.09. The summed E-state index contributed by atoms with van der Waals surface area (Å²) in [4.78, 5) is 10.5. The van der Waals surface area contributed by atoms with Gasteiger partial charge in [0.1, 0.15) is 11.0 Å². The zero-order chi connectivity index (χ0) is 17.8. The van der Waals surface area contributed by atoms with E-state index in [1.54, 1.807) is 18.0 Å². The summed E-state index contributed by atoms with van der Waals surface area (Å²) in [7, 11) is 0. The molecule has 26 heavy (non-hydrogen) atoms. The van der Waals surface area contributed by atoms with Gasteiger partial charge in [0.15, 0.2) is 5.82 Å². The van der Waals surface area contributed by atoms with E-state index in [1.807, 2.05) is 66.9 Å². The molecule has 7 heteroatoms. The van der Waals surface area contributed by atoms with Crippen LogP contribution in [0.3, 0.4) is 0 Å². The van der Waals surface area contributed by atoms with E-state index >= 15 is 0 Å². The molecule has 0 unspecified atom stereocenters. The van der Waals surface area contributed by atoms with Crippen LogP contribution in [0.15, 0.2) is 82.8 Å². The minimum atomic E-state index is 0.417. The standard InChI is InChI=1S/C19H14ClN5S/c20-17-9-15(26-14-7-4-8-21-12-14)10-18(22-17)23-19-11-16(24-25-19)13-5-2-1-3-6-13/h1-12H,(H2,22,23,24,25). The maximum absolute atomic E-state index is 6.18. The average molecular weight is 380 g/mol. The normalized spacial score (nSPS) is 10.7. The van der Waals surface area contributed by atoms with Crippen molar-refractivity contribution < 1.29 is 0 Å². The molecule has 4 aromatic rings. The molecule has 0 aliphatic carbocycles. The van der Waals surface area contributed by atoms with E-state index in [0.29, 0.717) is 16.8 Å². The first-order valence-electron chi connectivity index (χ1n) is 7.89. The van der Waals surface area contributed by atoms with Crippen molar-refractivity contribution in [3.63, 3.8) is 0 Å². The van der Waals surface area contributed by atoms with E-state index in [-0.39, 0.29) is 0 Å². The molecule has 5 nitrogen and oxygen atoms in total. The van der Waals surface area contributed by atoms with Crippen LogP contribution in [0.25, 0.3) is 11.3 Å². The number of aromatic amines is 1. The lowest BCUT2D eigenvalue weighted by atomic mass is 10.2. The summed E-state index contributed by atoms with van der Waals surface area (Å²) in [6.07, 6.45) is 3.56. The molecule has 128 valence electrons. The highest BCUT2D eigenvalue weighted by molar-refractivity contribution is 7.99. The summed E-state index contributed by atoms with van der Waals surface area (Å²) in [6, 6.07) is 19.6. The highest BCUT2D eigenvalue weighted by atomic mass is 35.5. The summed E-state index contributed by atoms with van der Waals surface area (Å²) in [5, 5.41) is 10.9. The fourth-order valence-electron chi connectivity index (χ4n) is 2.42. The Morgan fingerprint density at radius 1 is 0.923 bits per heavy atom. The Morgan fingerprint density at radius 3 is 2.62 bits per heavy atom. The van der Waals surface area contributed by atoms with Crippen molar-refractivity contribution >= 4 is 35.0 Å². The lowest BCUT2D eigenvalue weighted by Gasteiger charge is -2.06. The molecular formula is C19H14ClN5S. The van der Waals surface area contributed by atoms with E-state index in [2.05, 4.69) is 25.5 Å². The Labute approximate surface area is 159 Å². The molecule has 0 saturated carbocycles. The number of anilines is 2. The maximum Gasteiger partial charge on any atom is 0.153 e. The Bertz CT molecular complexity index is 1000. The van der Waals surface area contributed by atoms with Crippen molar-refractivity contribution in [1.29, 1.82) is 0 Å². The molecule has 0 fully saturated rings. The first-order valence-corrected chi connectivity index (χ1v) is 9.09. The van der Waals surface area contributed by atoms with Crippen LogP contribution in [-0.4, -0.2) is 20.2 Å². The van der Waals surface area contributed by atoms with Crippen LogP contribution in [0.4, 0.5) is 11.6 Å². The van der Waals surface area contributed by atoms with E-state index in [4.69, 9.17) is 11.6 Å². The molecule has 3 aromatic heterocycles. The topological polar surface area (TPSA) is 66.5 Å². The van der Waals surface area contributed by atoms with Crippen molar-refractivity contribution in [2.75, 3.05) is 5.32 Å². The first kappa shape index (κ1) is 16.6. The molecule has 0 amide bonds. The number of pyridine rings is 2. The number of halogens is 1. The minimum absolute atomic E-state index is 0.417. The molecule has 0 spiro atoms. The quantitative estimate of drug-likeness (QED) is 0.453. The second-order valence-electron chi connectivity index (χ2n) is 5.46. The molecule has 0 bridgehead atoms. The van der Waals surface area contributed by atoms with E-state index in [9.17, 15) is 0 Å². The van der Waals surface area contributed by atoms with Gasteiger partial charge >= 0.3 is 0 Å². The summed E-state index contributed by atoms with van der Waals surface area (Å²) in [5.74, 6) is 1.31. The van der Waals surface area contributed by atoms with Crippen molar-refractivity contribution in [2.24, 2.45) is 0 Å². The minimum Gasteiger partial charge on any atom is -0.323 e. The average Bonchev–Trinajstić information content (AvgIpc) is 3.11. The van der Waals surface area contributed by atoms with Crippen molar-refractivity contribution in [3.8, 4) is 11.3 Å². The van der Waals surface area contributed by atoms with Gasteiger partial charge in [-0.3, -0.25) is 10.1 Å². The predicted molar refractivity (Wildman–Crippen MR) is 105 cm³/mol. The first-order chi connectivity index (χ1) is 12.8. The van der Waals surface area contributed by atoms with Crippen molar-refractivity contribution in [2.45, 2.75) is 9.79 Å². The van der Waals surface area contributed by atoms with Gasteiger partial charge in [-0.15, -0.1) is 0 Å². The van der Waals surface area contributed by atoms with Crippen LogP contribution >= 0.6 is 23.4 Å². The fraction of sp³-hybridized carbons (Fsp3) is 0. The summed E-state index contributed by atoms with van der Waals surface area (Å²) >= 11 is 7.75. The molecule has 2 N–H and O–H groups in total. The third-order valence-electron chi connectivity index (χ3n) is 3.56. The van der Waals surface area contributed by atoms with Crippen LogP contribution in [0.1, 0.15) is 0 Å². The highest BCUT2D eigenvalue weighted by Gasteiger charge is 2.07. The molecule has 3 heterocycles. The number of benzene rings is 1. The second kappa shape index (κ2) is 7.59. The number of aromatic nitrogens is 4. The van der Waals surface area contributed by atoms with E-state index in [0.717, 1.165) is 21.0 Å². The number of hydrogen-bond acceptors (Lipinski definition) is 5. The van der Waals surface area contributed by atoms with Crippen LogP contribution in [0.2, 0.25) is 5.15 Å². The van der Waals surface area contributed by atoms with Gasteiger partial charge in [0.25, 0.3) is 0 Å². The van der Waals surface area contributed by atoms with Gasteiger partial charge in [-0.05, 0) is 29.8 Å². The third-order valence-corrected chi connectivity index (χ3v) is 4.70. The van der Waals surface area contributed by atoms with Crippen LogP contribution in [0, 0.1) is 0 Å². The highest BCUT2D eigenvalue weighted by Crippen LogP contribution is 2.31. The van der Waals surface area contributed by atoms with Crippen LogP contribution in [-0.2, 0) is 0 Å². The molecule has 0 aliphatic heterocycles. The molecular weight excluding hydrogens is 366 g/mol. The molecule has 4 rings (SSSR count).